The molecule has 0 saturated carbocycles. The van der Waals surface area contributed by atoms with Crippen molar-refractivity contribution in [3.8, 4) is 22.6 Å². The zero-order valence-corrected chi connectivity index (χ0v) is 20.3. The number of benzene rings is 2. The molecule has 4 aromatic rings. The molecular weight excluding hydrogens is 457 g/mol. The molecule has 2 aromatic carbocycles. The number of fused-ring (bicyclic) bond motifs is 6. The van der Waals surface area contributed by atoms with E-state index in [1.807, 2.05) is 13.8 Å². The molecule has 2 aromatic heterocycles. The zero-order valence-electron chi connectivity index (χ0n) is 19.5. The Hall–Kier alpha value is -3.40. The van der Waals surface area contributed by atoms with E-state index in [-0.39, 0.29) is 0 Å². The first-order valence-electron chi connectivity index (χ1n) is 11.0. The van der Waals surface area contributed by atoms with Crippen molar-refractivity contribution in [1.82, 2.24) is 18.7 Å². The number of hydrogen-bond donors (Lipinski definition) is 1. The summed E-state index contributed by atoms with van der Waals surface area (Å²) in [5, 5.41) is 13.0. The number of ether oxygens (including phenoxy) is 1. The lowest BCUT2D eigenvalue weighted by molar-refractivity contribution is 0.358. The molecule has 0 amide bonds. The number of nitrogens with zero attached hydrogens (tertiary/aromatic N) is 4. The van der Waals surface area contributed by atoms with Crippen LogP contribution < -0.4 is 10.1 Å². The second kappa shape index (κ2) is 6.59. The quantitative estimate of drug-likeness (QED) is 0.465. The van der Waals surface area contributed by atoms with Crippen LogP contribution in [0.5, 0.6) is 5.75 Å². The number of anilines is 1. The molecule has 0 spiro atoms. The van der Waals surface area contributed by atoms with Crippen LogP contribution in [0.4, 0.5) is 10.1 Å². The van der Waals surface area contributed by atoms with Gasteiger partial charge in [0.1, 0.15) is 17.4 Å². The summed E-state index contributed by atoms with van der Waals surface area (Å²) in [6.07, 6.45) is 3.27. The molecule has 0 aliphatic carbocycles. The third-order valence-electron chi connectivity index (χ3n) is 6.78. The van der Waals surface area contributed by atoms with Gasteiger partial charge in [-0.1, -0.05) is 0 Å². The Kier molecular flexibility index (Phi) is 4.10. The van der Waals surface area contributed by atoms with E-state index in [1.54, 1.807) is 6.07 Å². The first-order valence-corrected chi connectivity index (χ1v) is 12.9. The summed E-state index contributed by atoms with van der Waals surface area (Å²) in [5.41, 5.74) is 4.96. The number of rotatable bonds is 2. The number of aryl methyl sites for hydroxylation is 1. The van der Waals surface area contributed by atoms with E-state index in [9.17, 15) is 12.8 Å². The molecule has 8 nitrogen and oxygen atoms in total. The number of nitrogens with one attached hydrogen (secondary N) is 1. The first-order chi connectivity index (χ1) is 16.0. The van der Waals surface area contributed by atoms with E-state index in [1.165, 1.54) is 18.3 Å². The third kappa shape index (κ3) is 2.71. The first kappa shape index (κ1) is 21.2. The van der Waals surface area contributed by atoms with Crippen LogP contribution >= 0.6 is 0 Å². The van der Waals surface area contributed by atoms with Crippen molar-refractivity contribution in [3.05, 3.63) is 53.0 Å². The monoisotopic (exact) mass is 481 g/mol. The topological polar surface area (TPSA) is 91.0 Å². The third-order valence-corrected chi connectivity index (χ3v) is 7.81. The average Bonchev–Trinajstić information content (AvgIpc) is 3.45. The van der Waals surface area contributed by atoms with E-state index in [4.69, 9.17) is 4.74 Å². The van der Waals surface area contributed by atoms with Gasteiger partial charge in [0.05, 0.1) is 35.3 Å². The lowest BCUT2D eigenvalue weighted by Gasteiger charge is -2.36. The molecule has 0 fully saturated rings. The largest absolute Gasteiger partial charge is 0.492 e. The molecule has 1 N–H and O–H groups in total. The van der Waals surface area contributed by atoms with Gasteiger partial charge in [0.25, 0.3) is 0 Å². The highest BCUT2D eigenvalue weighted by Gasteiger charge is 2.39. The lowest BCUT2D eigenvalue weighted by atomic mass is 9.88. The fourth-order valence-corrected chi connectivity index (χ4v) is 6.15. The molecule has 34 heavy (non-hydrogen) atoms. The maximum Gasteiger partial charge on any atom is 0.236 e. The highest BCUT2D eigenvalue weighted by atomic mass is 32.2. The van der Waals surface area contributed by atoms with Crippen molar-refractivity contribution in [2.75, 3.05) is 18.2 Å². The van der Waals surface area contributed by atoms with E-state index in [2.05, 4.69) is 33.9 Å². The summed E-state index contributed by atoms with van der Waals surface area (Å²) in [6, 6.07) is 4.41. The summed E-state index contributed by atoms with van der Waals surface area (Å²) >= 11 is 0. The fraction of sp³-hybridized carbons (Fsp3) is 0.333. The molecule has 0 unspecified atom stereocenters. The minimum atomic E-state index is -3.60. The molecule has 0 bridgehead atoms. The van der Waals surface area contributed by atoms with Gasteiger partial charge in [-0.05, 0) is 57.0 Å². The van der Waals surface area contributed by atoms with Crippen LogP contribution in [0.2, 0.25) is 0 Å². The Morgan fingerprint density at radius 2 is 1.97 bits per heavy atom. The minimum absolute atomic E-state index is 0.293. The van der Waals surface area contributed by atoms with Crippen LogP contribution in [-0.4, -0.2) is 40.0 Å². The van der Waals surface area contributed by atoms with Crippen molar-refractivity contribution in [3.63, 3.8) is 0 Å². The van der Waals surface area contributed by atoms with Gasteiger partial charge in [-0.25, -0.2) is 16.8 Å². The molecule has 2 aliphatic heterocycles. The second-order valence-corrected chi connectivity index (χ2v) is 11.4. The molecule has 4 heterocycles. The molecule has 0 atom stereocenters. The van der Waals surface area contributed by atoms with E-state index in [0.29, 0.717) is 35.2 Å². The summed E-state index contributed by atoms with van der Waals surface area (Å²) < 4.78 is 48.8. The summed E-state index contributed by atoms with van der Waals surface area (Å²) in [6.45, 7) is 8.52. The van der Waals surface area contributed by atoms with Crippen LogP contribution in [0.3, 0.4) is 0 Å². The van der Waals surface area contributed by atoms with Crippen molar-refractivity contribution >= 4 is 26.6 Å². The van der Waals surface area contributed by atoms with Gasteiger partial charge in [0.15, 0.2) is 5.82 Å². The van der Waals surface area contributed by atoms with Gasteiger partial charge in [-0.2, -0.15) is 0 Å². The van der Waals surface area contributed by atoms with Crippen LogP contribution in [-0.2, 0) is 22.0 Å². The molecule has 0 saturated heterocycles. The van der Waals surface area contributed by atoms with Crippen LogP contribution in [0.15, 0.2) is 24.4 Å². The standard InChI is InChI=1S/C24H24FN5O3S/c1-12-19(17-10-14(25)11-18-15(17)6-8-29(18)34(5,31)32)22-16(7-9-33-22)20-21(12)30-13(2)27-28-23(30)24(3,4)26-20/h6,8,10-11,26H,7,9H2,1-5H3. The van der Waals surface area contributed by atoms with E-state index in [0.717, 1.165) is 49.9 Å². The molecule has 10 heteroatoms. The zero-order chi connectivity index (χ0) is 24.2. The summed E-state index contributed by atoms with van der Waals surface area (Å²) in [4.78, 5) is 0. The van der Waals surface area contributed by atoms with Gasteiger partial charge in [-0.3, -0.25) is 4.57 Å². The number of halogens is 1. The Balaban J connectivity index is 1.75. The molecule has 0 radical (unpaired) electrons. The van der Waals surface area contributed by atoms with Crippen molar-refractivity contribution in [1.29, 1.82) is 0 Å². The highest BCUT2D eigenvalue weighted by molar-refractivity contribution is 7.89. The smallest absolute Gasteiger partial charge is 0.236 e. The Morgan fingerprint density at radius 3 is 2.71 bits per heavy atom. The van der Waals surface area contributed by atoms with Crippen molar-refractivity contribution in [2.24, 2.45) is 0 Å². The normalized spacial score (nSPS) is 16.1. The maximum absolute atomic E-state index is 14.9. The predicted molar refractivity (Wildman–Crippen MR) is 128 cm³/mol. The van der Waals surface area contributed by atoms with Gasteiger partial charge < -0.3 is 10.1 Å². The Morgan fingerprint density at radius 1 is 1.21 bits per heavy atom. The van der Waals surface area contributed by atoms with Crippen molar-refractivity contribution < 1.29 is 17.5 Å². The fourth-order valence-electron chi connectivity index (χ4n) is 5.36. The van der Waals surface area contributed by atoms with Crippen molar-refractivity contribution in [2.45, 2.75) is 39.7 Å². The second-order valence-electron chi connectivity index (χ2n) is 9.55. The Labute approximate surface area is 196 Å². The predicted octanol–water partition coefficient (Wildman–Crippen LogP) is 4.05. The van der Waals surface area contributed by atoms with Crippen LogP contribution in [0, 0.1) is 19.7 Å². The molecular formula is C24H24FN5O3S. The lowest BCUT2D eigenvalue weighted by Crippen LogP contribution is -2.36. The van der Waals surface area contributed by atoms with Gasteiger partial charge >= 0.3 is 0 Å². The highest BCUT2D eigenvalue weighted by Crippen LogP contribution is 2.52. The van der Waals surface area contributed by atoms with E-state index >= 15 is 0 Å². The summed E-state index contributed by atoms with van der Waals surface area (Å²) in [5.74, 6) is 1.73. The minimum Gasteiger partial charge on any atom is -0.492 e. The molecule has 176 valence electrons. The van der Waals surface area contributed by atoms with Gasteiger partial charge in [0, 0.05) is 29.1 Å². The number of aromatic nitrogens is 4. The summed E-state index contributed by atoms with van der Waals surface area (Å²) in [7, 11) is -3.60. The van der Waals surface area contributed by atoms with E-state index < -0.39 is 21.4 Å². The maximum atomic E-state index is 14.9. The van der Waals surface area contributed by atoms with Gasteiger partial charge in [-0.15, -0.1) is 10.2 Å². The number of hydrogen-bond acceptors (Lipinski definition) is 6. The molecule has 6 rings (SSSR count). The molecule has 2 aliphatic rings. The van der Waals surface area contributed by atoms with Crippen LogP contribution in [0.1, 0.15) is 36.6 Å². The SMILES string of the molecule is Cc1c(-c2cc(F)cc3c2ccn3S(C)(=O)=O)c2c(c3c1-n1c(C)nnc1C(C)(C)N3)CCO2. The van der Waals surface area contributed by atoms with Crippen LogP contribution in [0.25, 0.3) is 27.7 Å². The average molecular weight is 482 g/mol. The Bertz CT molecular complexity index is 1650. The van der Waals surface area contributed by atoms with Gasteiger partial charge in [0.2, 0.25) is 10.0 Å².